The van der Waals surface area contributed by atoms with Gasteiger partial charge in [0.25, 0.3) is 11.8 Å². The van der Waals surface area contributed by atoms with E-state index >= 15 is 0 Å². The molecule has 0 unspecified atom stereocenters. The molecule has 0 aliphatic rings. The Labute approximate surface area is 231 Å². The van der Waals surface area contributed by atoms with Crippen molar-refractivity contribution < 1.29 is 14.3 Å². The molecule has 0 radical (unpaired) electrons. The highest BCUT2D eigenvalue weighted by Crippen LogP contribution is 2.23. The number of hydrogen-bond acceptors (Lipinski definition) is 4. The number of ether oxygens (including phenoxy) is 1. The SMILES string of the molecule is CCCCCCOc1ccc(C(=O)NC(=S)Nc2ccc(NC(=O)c3ccc(C(C)(C)C)cc3)cc2)cc1. The van der Waals surface area contributed by atoms with Crippen molar-refractivity contribution in [3.8, 4) is 5.75 Å². The van der Waals surface area contributed by atoms with Gasteiger partial charge in [-0.1, -0.05) is 59.1 Å². The maximum atomic E-state index is 12.6. The van der Waals surface area contributed by atoms with Gasteiger partial charge in [0.15, 0.2) is 5.11 Å². The lowest BCUT2D eigenvalue weighted by Gasteiger charge is -2.19. The van der Waals surface area contributed by atoms with Crippen molar-refractivity contribution >= 4 is 40.5 Å². The van der Waals surface area contributed by atoms with E-state index in [0.29, 0.717) is 29.1 Å². The Kier molecular flexibility index (Phi) is 10.4. The van der Waals surface area contributed by atoms with Crippen LogP contribution in [0.2, 0.25) is 0 Å². The van der Waals surface area contributed by atoms with Crippen LogP contribution in [0.5, 0.6) is 5.75 Å². The molecule has 0 saturated heterocycles. The van der Waals surface area contributed by atoms with E-state index in [0.717, 1.165) is 18.6 Å². The maximum absolute atomic E-state index is 12.6. The summed E-state index contributed by atoms with van der Waals surface area (Å²) in [6, 6.07) is 21.8. The van der Waals surface area contributed by atoms with Crippen molar-refractivity contribution in [2.24, 2.45) is 0 Å². The topological polar surface area (TPSA) is 79.5 Å². The molecule has 3 rings (SSSR count). The number of benzene rings is 3. The van der Waals surface area contributed by atoms with Crippen LogP contribution in [0, 0.1) is 0 Å². The van der Waals surface area contributed by atoms with Crippen LogP contribution in [0.1, 0.15) is 79.7 Å². The Bertz CT molecular complexity index is 1220. The maximum Gasteiger partial charge on any atom is 0.257 e. The highest BCUT2D eigenvalue weighted by atomic mass is 32.1. The van der Waals surface area contributed by atoms with Gasteiger partial charge in [-0.15, -0.1) is 0 Å². The van der Waals surface area contributed by atoms with E-state index in [1.54, 1.807) is 48.5 Å². The van der Waals surface area contributed by atoms with Crippen LogP contribution in [-0.4, -0.2) is 23.5 Å². The van der Waals surface area contributed by atoms with Gasteiger partial charge in [-0.3, -0.25) is 14.9 Å². The van der Waals surface area contributed by atoms with E-state index in [1.165, 1.54) is 18.4 Å². The molecule has 0 aliphatic carbocycles. The molecule has 0 heterocycles. The standard InChI is InChI=1S/C31H37N3O3S/c1-5-6-7-8-21-37-27-19-11-23(12-20-27)29(36)34-30(38)33-26-17-15-25(16-18-26)32-28(35)22-9-13-24(14-10-22)31(2,3)4/h9-20H,5-8,21H2,1-4H3,(H,32,35)(H2,33,34,36,38). The van der Waals surface area contributed by atoms with E-state index in [1.807, 2.05) is 24.3 Å². The zero-order valence-electron chi connectivity index (χ0n) is 22.6. The minimum Gasteiger partial charge on any atom is -0.494 e. The van der Waals surface area contributed by atoms with E-state index in [2.05, 4.69) is 43.6 Å². The third-order valence-corrected chi connectivity index (χ3v) is 6.23. The lowest BCUT2D eigenvalue weighted by Crippen LogP contribution is -2.34. The van der Waals surface area contributed by atoms with Crippen molar-refractivity contribution in [2.45, 2.75) is 58.8 Å². The number of unbranched alkanes of at least 4 members (excludes halogenated alkanes) is 3. The first-order valence-corrected chi connectivity index (χ1v) is 13.4. The molecule has 0 bridgehead atoms. The quantitative estimate of drug-likeness (QED) is 0.189. The van der Waals surface area contributed by atoms with Gasteiger partial charge in [-0.2, -0.15) is 0 Å². The van der Waals surface area contributed by atoms with Gasteiger partial charge >= 0.3 is 0 Å². The number of hydrogen-bond donors (Lipinski definition) is 3. The van der Waals surface area contributed by atoms with Crippen LogP contribution >= 0.6 is 12.2 Å². The summed E-state index contributed by atoms with van der Waals surface area (Å²) >= 11 is 5.30. The molecule has 3 N–H and O–H groups in total. The van der Waals surface area contributed by atoms with E-state index in [4.69, 9.17) is 17.0 Å². The van der Waals surface area contributed by atoms with Crippen LogP contribution < -0.4 is 20.7 Å². The molecule has 0 fully saturated rings. The number of rotatable bonds is 10. The molecule has 3 aromatic carbocycles. The van der Waals surface area contributed by atoms with Crippen molar-refractivity contribution in [3.63, 3.8) is 0 Å². The molecule has 200 valence electrons. The highest BCUT2D eigenvalue weighted by Gasteiger charge is 2.14. The number of thiocarbonyl (C=S) groups is 1. The third-order valence-electron chi connectivity index (χ3n) is 6.02. The Hall–Kier alpha value is -3.71. The number of carbonyl (C=O) groups excluding carboxylic acids is 2. The lowest BCUT2D eigenvalue weighted by atomic mass is 9.87. The Morgan fingerprint density at radius 2 is 1.29 bits per heavy atom. The van der Waals surface area contributed by atoms with Gasteiger partial charge in [0, 0.05) is 22.5 Å². The smallest absolute Gasteiger partial charge is 0.257 e. The predicted molar refractivity (Wildman–Crippen MR) is 159 cm³/mol. The number of nitrogens with one attached hydrogen (secondary N) is 3. The first kappa shape index (κ1) is 28.9. The minimum atomic E-state index is -0.307. The minimum absolute atomic E-state index is 0.0325. The molecule has 0 aromatic heterocycles. The fourth-order valence-electron chi connectivity index (χ4n) is 3.72. The summed E-state index contributed by atoms with van der Waals surface area (Å²) < 4.78 is 5.73. The fourth-order valence-corrected chi connectivity index (χ4v) is 3.93. The second kappa shape index (κ2) is 13.7. The van der Waals surface area contributed by atoms with Crippen LogP contribution in [0.25, 0.3) is 0 Å². The van der Waals surface area contributed by atoms with Gasteiger partial charge < -0.3 is 15.4 Å². The molecule has 0 spiro atoms. The van der Waals surface area contributed by atoms with E-state index in [-0.39, 0.29) is 22.3 Å². The Balaban J connectivity index is 1.46. The second-order valence-electron chi connectivity index (χ2n) is 10.2. The summed E-state index contributed by atoms with van der Waals surface area (Å²) in [5, 5.41) is 8.76. The zero-order valence-corrected chi connectivity index (χ0v) is 23.4. The van der Waals surface area contributed by atoms with Gasteiger partial charge in [0.1, 0.15) is 5.75 Å². The van der Waals surface area contributed by atoms with Crippen LogP contribution in [0.15, 0.2) is 72.8 Å². The Morgan fingerprint density at radius 1 is 0.737 bits per heavy atom. The molecule has 7 heteroatoms. The molecule has 0 aliphatic heterocycles. The normalized spacial score (nSPS) is 10.9. The molecule has 38 heavy (non-hydrogen) atoms. The summed E-state index contributed by atoms with van der Waals surface area (Å²) in [4.78, 5) is 25.1. The number of amides is 2. The fraction of sp³-hybridized carbons (Fsp3) is 0.323. The summed E-state index contributed by atoms with van der Waals surface area (Å²) in [5.41, 5.74) is 3.63. The molecule has 2 amide bonds. The predicted octanol–water partition coefficient (Wildman–Crippen LogP) is 7.32. The third kappa shape index (κ3) is 8.99. The second-order valence-corrected chi connectivity index (χ2v) is 10.6. The van der Waals surface area contributed by atoms with Gasteiger partial charge in [-0.25, -0.2) is 0 Å². The molecule has 6 nitrogen and oxygen atoms in total. The number of anilines is 2. The van der Waals surface area contributed by atoms with Gasteiger partial charge in [0.2, 0.25) is 0 Å². The van der Waals surface area contributed by atoms with Crippen molar-refractivity contribution in [2.75, 3.05) is 17.2 Å². The first-order chi connectivity index (χ1) is 18.2. The van der Waals surface area contributed by atoms with Gasteiger partial charge in [0.05, 0.1) is 6.61 Å². The monoisotopic (exact) mass is 531 g/mol. The van der Waals surface area contributed by atoms with Crippen LogP contribution in [-0.2, 0) is 5.41 Å². The molecular formula is C31H37N3O3S. The molecule has 0 saturated carbocycles. The average Bonchev–Trinajstić information content (AvgIpc) is 2.89. The summed E-state index contributed by atoms with van der Waals surface area (Å²) in [6.45, 7) is 9.26. The molecular weight excluding hydrogens is 494 g/mol. The Morgan fingerprint density at radius 3 is 1.87 bits per heavy atom. The van der Waals surface area contributed by atoms with Crippen molar-refractivity contribution in [1.29, 1.82) is 0 Å². The van der Waals surface area contributed by atoms with Crippen LogP contribution in [0.3, 0.4) is 0 Å². The zero-order chi connectivity index (χ0) is 27.5. The lowest BCUT2D eigenvalue weighted by molar-refractivity contribution is 0.0976. The van der Waals surface area contributed by atoms with E-state index in [9.17, 15) is 9.59 Å². The van der Waals surface area contributed by atoms with Crippen LogP contribution in [0.4, 0.5) is 11.4 Å². The van der Waals surface area contributed by atoms with Crippen molar-refractivity contribution in [1.82, 2.24) is 5.32 Å². The summed E-state index contributed by atoms with van der Waals surface area (Å²) in [7, 11) is 0. The first-order valence-electron chi connectivity index (χ1n) is 13.0. The van der Waals surface area contributed by atoms with Gasteiger partial charge in [-0.05, 0) is 90.3 Å². The molecule has 3 aromatic rings. The van der Waals surface area contributed by atoms with E-state index < -0.39 is 0 Å². The highest BCUT2D eigenvalue weighted by molar-refractivity contribution is 7.80. The average molecular weight is 532 g/mol. The van der Waals surface area contributed by atoms with Crippen molar-refractivity contribution in [3.05, 3.63) is 89.5 Å². The number of carbonyl (C=O) groups is 2. The summed E-state index contributed by atoms with van der Waals surface area (Å²) in [6.07, 6.45) is 4.58. The molecule has 0 atom stereocenters. The largest absolute Gasteiger partial charge is 0.494 e. The summed E-state index contributed by atoms with van der Waals surface area (Å²) in [5.74, 6) is 0.257.